The van der Waals surface area contributed by atoms with Crippen LogP contribution in [0.1, 0.15) is 76.3 Å². The third kappa shape index (κ3) is 2.75. The second kappa shape index (κ2) is 6.69. The topological polar surface area (TPSA) is 116 Å². The molecule has 2 aliphatic carbocycles. The number of rotatable bonds is 3. The predicted molar refractivity (Wildman–Crippen MR) is 95.5 cm³/mol. The largest absolute Gasteiger partial charge is 0.435 e. The maximum absolute atomic E-state index is 13.3. The van der Waals surface area contributed by atoms with Gasteiger partial charge in [0.15, 0.2) is 0 Å². The number of nitro groups is 1. The monoisotopic (exact) mass is 361 g/mol. The summed E-state index contributed by atoms with van der Waals surface area (Å²) in [5.74, 6) is -0.484. The van der Waals surface area contributed by atoms with Crippen molar-refractivity contribution in [3.8, 4) is 0 Å². The van der Waals surface area contributed by atoms with Crippen LogP contribution in [0.15, 0.2) is 9.59 Å². The molecule has 0 bridgehead atoms. The van der Waals surface area contributed by atoms with Crippen LogP contribution in [-0.4, -0.2) is 24.0 Å². The van der Waals surface area contributed by atoms with E-state index in [1.807, 2.05) is 0 Å². The highest BCUT2D eigenvalue weighted by Gasteiger charge is 2.31. The van der Waals surface area contributed by atoms with Gasteiger partial charge < -0.3 is 10.1 Å². The van der Waals surface area contributed by atoms with Gasteiger partial charge in [-0.2, -0.15) is 0 Å². The van der Waals surface area contributed by atoms with Crippen molar-refractivity contribution in [3.05, 3.63) is 31.0 Å². The Morgan fingerprint density at radius 1 is 0.923 bits per heavy atom. The van der Waals surface area contributed by atoms with Crippen molar-refractivity contribution >= 4 is 17.1 Å². The first-order valence-electron chi connectivity index (χ1n) is 9.49. The number of fused-ring (bicyclic) bond motifs is 1. The normalized spacial score (nSPS) is 19.8. The van der Waals surface area contributed by atoms with Gasteiger partial charge in [0.25, 0.3) is 11.2 Å². The minimum atomic E-state index is -0.653. The van der Waals surface area contributed by atoms with Gasteiger partial charge in [0.05, 0.1) is 0 Å². The van der Waals surface area contributed by atoms with Gasteiger partial charge in [-0.1, -0.05) is 38.5 Å². The number of hydrogen-bond acceptors (Lipinski definition) is 5. The van der Waals surface area contributed by atoms with E-state index in [4.69, 9.17) is 0 Å². The molecule has 2 heterocycles. The Morgan fingerprint density at radius 3 is 2.00 bits per heavy atom. The highest BCUT2D eigenvalue weighted by atomic mass is 16.6. The molecule has 0 aromatic carbocycles. The average molecular weight is 361 g/mol. The highest BCUT2D eigenvalue weighted by Crippen LogP contribution is 2.30. The number of aromatic nitrogens is 4. The summed E-state index contributed by atoms with van der Waals surface area (Å²) in [4.78, 5) is 43.3. The van der Waals surface area contributed by atoms with Gasteiger partial charge in [0.1, 0.15) is 0 Å². The molecular weight excluding hydrogens is 338 g/mol. The van der Waals surface area contributed by atoms with Crippen LogP contribution in [-0.2, 0) is 0 Å². The summed E-state index contributed by atoms with van der Waals surface area (Å²) < 4.78 is 2.88. The fourth-order valence-electron chi connectivity index (χ4n) is 4.51. The Morgan fingerprint density at radius 2 is 1.46 bits per heavy atom. The van der Waals surface area contributed by atoms with Gasteiger partial charge in [-0.3, -0.25) is 13.9 Å². The van der Waals surface area contributed by atoms with E-state index in [-0.39, 0.29) is 28.9 Å². The van der Waals surface area contributed by atoms with Crippen molar-refractivity contribution in [3.63, 3.8) is 0 Å². The second-order valence-corrected chi connectivity index (χ2v) is 7.43. The fraction of sp³-hybridized carbons (Fsp3) is 0.706. The summed E-state index contributed by atoms with van der Waals surface area (Å²) in [5.41, 5.74) is -0.634. The number of nitrogens with zero attached hydrogens (tertiary/aromatic N) is 4. The number of nitrogens with one attached hydrogen (secondary N) is 1. The molecule has 26 heavy (non-hydrogen) atoms. The van der Waals surface area contributed by atoms with Gasteiger partial charge in [0.2, 0.25) is 5.52 Å². The van der Waals surface area contributed by atoms with E-state index < -0.39 is 16.4 Å². The Balaban J connectivity index is 1.97. The molecule has 2 saturated carbocycles. The molecule has 0 radical (unpaired) electrons. The zero-order valence-electron chi connectivity index (χ0n) is 14.6. The van der Waals surface area contributed by atoms with E-state index in [1.165, 1.54) is 4.57 Å². The number of hydrogen-bond donors (Lipinski definition) is 1. The highest BCUT2D eigenvalue weighted by molar-refractivity contribution is 5.71. The zero-order valence-corrected chi connectivity index (χ0v) is 14.6. The van der Waals surface area contributed by atoms with Gasteiger partial charge in [-0.05, 0) is 35.6 Å². The number of aromatic amines is 1. The predicted octanol–water partition coefficient (Wildman–Crippen LogP) is 2.80. The second-order valence-electron chi connectivity index (χ2n) is 7.43. The van der Waals surface area contributed by atoms with E-state index >= 15 is 0 Å². The first-order valence-corrected chi connectivity index (χ1v) is 9.49. The smallest absolute Gasteiger partial charge is 0.390 e. The van der Waals surface area contributed by atoms with Gasteiger partial charge >= 0.3 is 11.6 Å². The lowest BCUT2D eigenvalue weighted by molar-refractivity contribution is -0.393. The van der Waals surface area contributed by atoms with Crippen molar-refractivity contribution in [1.29, 1.82) is 0 Å². The molecule has 2 aliphatic rings. The average Bonchev–Trinajstić information content (AvgIpc) is 3.09. The third-order valence-corrected chi connectivity index (χ3v) is 5.80. The van der Waals surface area contributed by atoms with Crippen LogP contribution in [0, 0.1) is 10.1 Å². The molecule has 9 heteroatoms. The third-order valence-electron chi connectivity index (χ3n) is 5.80. The molecular formula is C17H23N5O4. The summed E-state index contributed by atoms with van der Waals surface area (Å²) in [5, 5.41) is 11.2. The molecule has 2 fully saturated rings. The first kappa shape index (κ1) is 17.0. The molecule has 4 rings (SSSR count). The van der Waals surface area contributed by atoms with Gasteiger partial charge in [-0.15, -0.1) is 0 Å². The molecule has 0 spiro atoms. The lowest BCUT2D eigenvalue weighted by Crippen LogP contribution is -2.44. The summed E-state index contributed by atoms with van der Waals surface area (Å²) in [6.45, 7) is 0. The minimum Gasteiger partial charge on any atom is -0.390 e. The van der Waals surface area contributed by atoms with Crippen LogP contribution < -0.4 is 11.2 Å². The standard InChI is InChI=1S/C17H23N5O4/c23-15-13-14(19-16(18-13)22(25)26)20(11-7-3-1-4-8-11)17(24)21(15)12-9-5-2-6-10-12/h11-12H,1-10H2,(H,18,19). The van der Waals surface area contributed by atoms with Crippen LogP contribution in [0.5, 0.6) is 0 Å². The first-order chi connectivity index (χ1) is 12.6. The minimum absolute atomic E-state index is 0.0582. The quantitative estimate of drug-likeness (QED) is 0.666. The van der Waals surface area contributed by atoms with Crippen LogP contribution in [0.3, 0.4) is 0 Å². The molecule has 0 aliphatic heterocycles. The Bertz CT molecular complexity index is 944. The molecule has 2 aromatic heterocycles. The Hall–Kier alpha value is -2.45. The molecule has 140 valence electrons. The molecule has 2 aromatic rings. The van der Waals surface area contributed by atoms with Crippen LogP contribution in [0.2, 0.25) is 0 Å². The zero-order chi connectivity index (χ0) is 18.3. The van der Waals surface area contributed by atoms with Gasteiger partial charge in [0, 0.05) is 12.1 Å². The fourth-order valence-corrected chi connectivity index (χ4v) is 4.51. The molecule has 9 nitrogen and oxygen atoms in total. The van der Waals surface area contributed by atoms with E-state index in [0.717, 1.165) is 64.2 Å². The lowest BCUT2D eigenvalue weighted by atomic mass is 9.94. The molecule has 0 unspecified atom stereocenters. The Kier molecular flexibility index (Phi) is 4.37. The maximum Gasteiger partial charge on any atom is 0.435 e. The van der Waals surface area contributed by atoms with E-state index in [9.17, 15) is 19.7 Å². The summed E-state index contributed by atoms with van der Waals surface area (Å²) in [7, 11) is 0. The molecule has 0 saturated heterocycles. The molecule has 1 N–H and O–H groups in total. The van der Waals surface area contributed by atoms with Crippen molar-refractivity contribution in [2.45, 2.75) is 76.3 Å². The number of imidazole rings is 1. The molecule has 0 amide bonds. The molecule has 0 atom stereocenters. The van der Waals surface area contributed by atoms with Crippen LogP contribution >= 0.6 is 0 Å². The lowest BCUT2D eigenvalue weighted by Gasteiger charge is -2.27. The number of H-pyrrole nitrogens is 1. The summed E-state index contributed by atoms with van der Waals surface area (Å²) in [6, 6.07) is -0.192. The summed E-state index contributed by atoms with van der Waals surface area (Å²) in [6.07, 6.45) is 9.47. The van der Waals surface area contributed by atoms with Gasteiger partial charge in [-0.25, -0.2) is 9.78 Å². The van der Waals surface area contributed by atoms with Crippen molar-refractivity contribution in [2.24, 2.45) is 0 Å². The Labute approximate surface area is 149 Å². The van der Waals surface area contributed by atoms with E-state index in [1.54, 1.807) is 4.57 Å². The maximum atomic E-state index is 13.3. The van der Waals surface area contributed by atoms with E-state index in [2.05, 4.69) is 9.97 Å². The summed E-state index contributed by atoms with van der Waals surface area (Å²) >= 11 is 0. The van der Waals surface area contributed by atoms with E-state index in [0.29, 0.717) is 0 Å². The van der Waals surface area contributed by atoms with Crippen LogP contribution in [0.25, 0.3) is 11.2 Å². The van der Waals surface area contributed by atoms with Crippen molar-refractivity contribution < 1.29 is 4.92 Å². The SMILES string of the molecule is O=c1c2[nH]c([N+](=O)[O-])nc2n(C2CCCCC2)c(=O)n1C1CCCCC1. The van der Waals surface area contributed by atoms with Crippen molar-refractivity contribution in [1.82, 2.24) is 19.1 Å². The van der Waals surface area contributed by atoms with Crippen LogP contribution in [0.4, 0.5) is 5.95 Å². The van der Waals surface area contributed by atoms with Crippen molar-refractivity contribution in [2.75, 3.05) is 0 Å².